The third kappa shape index (κ3) is 2.73. The SMILES string of the molecule is Nc1ccc(C(=O)O)nc1NCCc1ncno1. The van der Waals surface area contributed by atoms with Crippen molar-refractivity contribution in [2.24, 2.45) is 0 Å². The Hall–Kier alpha value is -2.64. The van der Waals surface area contributed by atoms with Crippen molar-refractivity contribution in [2.75, 3.05) is 17.6 Å². The number of aromatic nitrogens is 3. The summed E-state index contributed by atoms with van der Waals surface area (Å²) in [5, 5.41) is 15.2. The van der Waals surface area contributed by atoms with Crippen LogP contribution in [0.5, 0.6) is 0 Å². The first-order chi connectivity index (χ1) is 8.66. The molecule has 0 aliphatic heterocycles. The van der Waals surface area contributed by atoms with Gasteiger partial charge in [0.15, 0.2) is 12.0 Å². The Morgan fingerprint density at radius 1 is 1.50 bits per heavy atom. The van der Waals surface area contributed by atoms with E-state index in [1.54, 1.807) is 0 Å². The Bertz CT molecular complexity index is 540. The van der Waals surface area contributed by atoms with Crippen LogP contribution in [0.2, 0.25) is 0 Å². The zero-order valence-corrected chi connectivity index (χ0v) is 9.33. The van der Waals surface area contributed by atoms with Crippen LogP contribution in [0, 0.1) is 0 Å². The number of hydrogen-bond donors (Lipinski definition) is 3. The molecule has 0 bridgehead atoms. The van der Waals surface area contributed by atoms with Crippen LogP contribution in [0.25, 0.3) is 0 Å². The number of aromatic carboxylic acids is 1. The normalized spacial score (nSPS) is 10.2. The van der Waals surface area contributed by atoms with Crippen LogP contribution >= 0.6 is 0 Å². The monoisotopic (exact) mass is 249 g/mol. The van der Waals surface area contributed by atoms with E-state index in [9.17, 15) is 4.79 Å². The summed E-state index contributed by atoms with van der Waals surface area (Å²) in [6.07, 6.45) is 1.81. The van der Waals surface area contributed by atoms with E-state index in [2.05, 4.69) is 20.4 Å². The van der Waals surface area contributed by atoms with E-state index in [0.29, 0.717) is 30.4 Å². The fourth-order valence-corrected chi connectivity index (χ4v) is 1.32. The van der Waals surface area contributed by atoms with E-state index in [1.165, 1.54) is 18.5 Å². The van der Waals surface area contributed by atoms with Crippen LogP contribution in [-0.2, 0) is 6.42 Å². The standard InChI is InChI=1S/C10H11N5O3/c11-6-1-2-7(10(16)17)15-9(6)12-4-3-8-13-5-14-18-8/h1-2,5H,3-4,11H2,(H,12,15)(H,16,17). The van der Waals surface area contributed by atoms with Crippen molar-refractivity contribution in [1.29, 1.82) is 0 Å². The van der Waals surface area contributed by atoms with Gasteiger partial charge in [-0.15, -0.1) is 0 Å². The van der Waals surface area contributed by atoms with Gasteiger partial charge < -0.3 is 20.7 Å². The predicted octanol–water partition coefficient (Wildman–Crippen LogP) is 0.400. The molecule has 0 saturated heterocycles. The highest BCUT2D eigenvalue weighted by Gasteiger charge is 2.08. The van der Waals surface area contributed by atoms with Gasteiger partial charge in [-0.2, -0.15) is 4.98 Å². The lowest BCUT2D eigenvalue weighted by atomic mass is 10.3. The van der Waals surface area contributed by atoms with E-state index in [-0.39, 0.29) is 5.69 Å². The number of nitrogens with zero attached hydrogens (tertiary/aromatic N) is 3. The molecule has 2 aromatic rings. The third-order valence-corrected chi connectivity index (χ3v) is 2.18. The van der Waals surface area contributed by atoms with E-state index >= 15 is 0 Å². The van der Waals surface area contributed by atoms with Crippen molar-refractivity contribution in [3.05, 3.63) is 30.0 Å². The Balaban J connectivity index is 2.00. The molecule has 8 nitrogen and oxygen atoms in total. The Morgan fingerprint density at radius 2 is 2.33 bits per heavy atom. The molecule has 0 saturated carbocycles. The lowest BCUT2D eigenvalue weighted by Crippen LogP contribution is -2.11. The fraction of sp³-hybridized carbons (Fsp3) is 0.200. The second-order valence-corrected chi connectivity index (χ2v) is 3.45. The number of nitrogens with two attached hydrogens (primary N) is 1. The molecular formula is C10H11N5O3. The maximum absolute atomic E-state index is 10.8. The molecule has 2 rings (SSSR count). The van der Waals surface area contributed by atoms with Crippen LogP contribution < -0.4 is 11.1 Å². The number of carbonyl (C=O) groups is 1. The minimum absolute atomic E-state index is 0.0653. The minimum Gasteiger partial charge on any atom is -0.477 e. The fourth-order valence-electron chi connectivity index (χ4n) is 1.32. The minimum atomic E-state index is -1.10. The van der Waals surface area contributed by atoms with Crippen molar-refractivity contribution in [2.45, 2.75) is 6.42 Å². The maximum atomic E-state index is 10.8. The predicted molar refractivity (Wildman–Crippen MR) is 62.1 cm³/mol. The van der Waals surface area contributed by atoms with Crippen molar-refractivity contribution in [1.82, 2.24) is 15.1 Å². The number of hydrogen-bond acceptors (Lipinski definition) is 7. The molecule has 0 spiro atoms. The van der Waals surface area contributed by atoms with Gasteiger partial charge >= 0.3 is 5.97 Å². The van der Waals surface area contributed by atoms with Gasteiger partial charge in [0.1, 0.15) is 5.82 Å². The van der Waals surface area contributed by atoms with Gasteiger partial charge in [0.05, 0.1) is 5.69 Å². The third-order valence-electron chi connectivity index (χ3n) is 2.18. The highest BCUT2D eigenvalue weighted by Crippen LogP contribution is 2.15. The van der Waals surface area contributed by atoms with Gasteiger partial charge in [-0.25, -0.2) is 9.78 Å². The quantitative estimate of drug-likeness (QED) is 0.694. The molecule has 0 atom stereocenters. The van der Waals surface area contributed by atoms with Gasteiger partial charge in [-0.05, 0) is 12.1 Å². The second kappa shape index (κ2) is 5.13. The molecule has 18 heavy (non-hydrogen) atoms. The number of nitrogen functional groups attached to an aromatic ring is 1. The number of carboxylic acid groups (broad SMARTS) is 1. The summed E-state index contributed by atoms with van der Waals surface area (Å²) in [5.41, 5.74) is 5.99. The van der Waals surface area contributed by atoms with Gasteiger partial charge in [-0.1, -0.05) is 5.16 Å². The van der Waals surface area contributed by atoms with Crippen molar-refractivity contribution in [3.63, 3.8) is 0 Å². The van der Waals surface area contributed by atoms with Crippen molar-refractivity contribution < 1.29 is 14.4 Å². The molecule has 0 radical (unpaired) electrons. The number of rotatable bonds is 5. The molecule has 0 amide bonds. The largest absolute Gasteiger partial charge is 0.477 e. The second-order valence-electron chi connectivity index (χ2n) is 3.45. The number of nitrogens with one attached hydrogen (secondary N) is 1. The first kappa shape index (κ1) is 11.8. The molecule has 0 fully saturated rings. The number of anilines is 2. The summed E-state index contributed by atoms with van der Waals surface area (Å²) < 4.78 is 4.82. The summed E-state index contributed by atoms with van der Waals surface area (Å²) in [4.78, 5) is 18.5. The zero-order chi connectivity index (χ0) is 13.0. The van der Waals surface area contributed by atoms with Crippen LogP contribution in [0.15, 0.2) is 23.0 Å². The topological polar surface area (TPSA) is 127 Å². The molecular weight excluding hydrogens is 238 g/mol. The Labute approximate surface area is 102 Å². The number of carboxylic acids is 1. The molecule has 0 unspecified atom stereocenters. The van der Waals surface area contributed by atoms with E-state index in [4.69, 9.17) is 15.4 Å². The smallest absolute Gasteiger partial charge is 0.354 e. The zero-order valence-electron chi connectivity index (χ0n) is 9.33. The van der Waals surface area contributed by atoms with Crippen LogP contribution in [-0.4, -0.2) is 32.7 Å². The van der Waals surface area contributed by atoms with Crippen molar-refractivity contribution >= 4 is 17.5 Å². The molecule has 8 heteroatoms. The first-order valence-corrected chi connectivity index (χ1v) is 5.16. The van der Waals surface area contributed by atoms with Crippen LogP contribution in [0.4, 0.5) is 11.5 Å². The average molecular weight is 249 g/mol. The molecule has 0 aliphatic carbocycles. The molecule has 94 valence electrons. The highest BCUT2D eigenvalue weighted by atomic mass is 16.5. The van der Waals surface area contributed by atoms with Gasteiger partial charge in [0.2, 0.25) is 5.89 Å². The molecule has 4 N–H and O–H groups in total. The molecule has 2 heterocycles. The lowest BCUT2D eigenvalue weighted by molar-refractivity contribution is 0.0690. The van der Waals surface area contributed by atoms with E-state index in [1.807, 2.05) is 0 Å². The van der Waals surface area contributed by atoms with Gasteiger partial charge in [0.25, 0.3) is 0 Å². The van der Waals surface area contributed by atoms with Crippen LogP contribution in [0.3, 0.4) is 0 Å². The summed E-state index contributed by atoms with van der Waals surface area (Å²) >= 11 is 0. The van der Waals surface area contributed by atoms with Crippen LogP contribution in [0.1, 0.15) is 16.4 Å². The highest BCUT2D eigenvalue weighted by molar-refractivity contribution is 5.86. The maximum Gasteiger partial charge on any atom is 0.354 e. The summed E-state index contributed by atoms with van der Waals surface area (Å²) in [7, 11) is 0. The lowest BCUT2D eigenvalue weighted by Gasteiger charge is -2.07. The Kier molecular flexibility index (Phi) is 3.37. The van der Waals surface area contributed by atoms with Gasteiger partial charge in [-0.3, -0.25) is 0 Å². The molecule has 2 aromatic heterocycles. The summed E-state index contributed by atoms with van der Waals surface area (Å²) in [6.45, 7) is 0.461. The van der Waals surface area contributed by atoms with Gasteiger partial charge in [0, 0.05) is 13.0 Å². The van der Waals surface area contributed by atoms with E-state index < -0.39 is 5.97 Å². The first-order valence-electron chi connectivity index (χ1n) is 5.16. The molecule has 0 aliphatic rings. The summed E-state index contributed by atoms with van der Waals surface area (Å²) in [6, 6.07) is 2.84. The number of pyridine rings is 1. The van der Waals surface area contributed by atoms with E-state index in [0.717, 1.165) is 0 Å². The summed E-state index contributed by atoms with van der Waals surface area (Å²) in [5.74, 6) is -0.292. The average Bonchev–Trinajstić information content (AvgIpc) is 2.84. The molecule has 0 aromatic carbocycles. The Morgan fingerprint density at radius 3 is 3.00 bits per heavy atom. The van der Waals surface area contributed by atoms with Crippen molar-refractivity contribution in [3.8, 4) is 0 Å².